The number of hydrogen-bond acceptors (Lipinski definition) is 4. The van der Waals surface area contributed by atoms with Crippen molar-refractivity contribution in [3.63, 3.8) is 0 Å². The summed E-state index contributed by atoms with van der Waals surface area (Å²) in [5, 5.41) is 2.46. The van der Waals surface area contributed by atoms with E-state index < -0.39 is 5.97 Å². The van der Waals surface area contributed by atoms with Gasteiger partial charge >= 0.3 is 5.97 Å². The second-order valence-electron chi connectivity index (χ2n) is 2.95. The van der Waals surface area contributed by atoms with E-state index in [-0.39, 0.29) is 23.7 Å². The molecular weight excluding hydrogens is 186 g/mol. The molecule has 1 aliphatic rings. The van der Waals surface area contributed by atoms with Crippen molar-refractivity contribution in [1.82, 2.24) is 5.32 Å². The Balaban J connectivity index is 2.96. The number of carbonyl (C=O) groups is 3. The molecule has 5 heteroatoms. The fourth-order valence-electron chi connectivity index (χ4n) is 1.33. The van der Waals surface area contributed by atoms with Gasteiger partial charge < -0.3 is 10.1 Å². The Morgan fingerprint density at radius 2 is 2.00 bits per heavy atom. The third-order valence-electron chi connectivity index (χ3n) is 1.90. The van der Waals surface area contributed by atoms with Crippen LogP contribution in [0, 0.1) is 0 Å². The standard InChI is InChI=1S/C9H11NO4/c1-5(11)10-6-3-4-7(12)8(6)9(13)14-2/h3-4H2,1-2H3,(H,10,11). The van der Waals surface area contributed by atoms with Crippen molar-refractivity contribution in [2.75, 3.05) is 7.11 Å². The molecule has 0 aromatic rings. The van der Waals surface area contributed by atoms with Crippen molar-refractivity contribution in [3.8, 4) is 0 Å². The van der Waals surface area contributed by atoms with Gasteiger partial charge in [-0.2, -0.15) is 0 Å². The largest absolute Gasteiger partial charge is 0.465 e. The van der Waals surface area contributed by atoms with Crippen molar-refractivity contribution in [2.45, 2.75) is 19.8 Å². The molecule has 0 spiro atoms. The molecule has 0 saturated carbocycles. The van der Waals surface area contributed by atoms with Crippen LogP contribution in [0.3, 0.4) is 0 Å². The van der Waals surface area contributed by atoms with E-state index >= 15 is 0 Å². The second-order valence-corrected chi connectivity index (χ2v) is 2.95. The number of ketones is 1. The second kappa shape index (κ2) is 4.04. The molecular formula is C9H11NO4. The van der Waals surface area contributed by atoms with Gasteiger partial charge in [0, 0.05) is 19.0 Å². The molecule has 1 aliphatic carbocycles. The number of amides is 1. The lowest BCUT2D eigenvalue weighted by Crippen LogP contribution is -2.22. The third-order valence-corrected chi connectivity index (χ3v) is 1.90. The van der Waals surface area contributed by atoms with Gasteiger partial charge in [-0.05, 0) is 6.42 Å². The van der Waals surface area contributed by atoms with Crippen molar-refractivity contribution >= 4 is 17.7 Å². The van der Waals surface area contributed by atoms with E-state index in [0.29, 0.717) is 12.1 Å². The van der Waals surface area contributed by atoms with Gasteiger partial charge in [-0.3, -0.25) is 9.59 Å². The van der Waals surface area contributed by atoms with Crippen LogP contribution in [0.25, 0.3) is 0 Å². The highest BCUT2D eigenvalue weighted by atomic mass is 16.5. The van der Waals surface area contributed by atoms with Crippen LogP contribution in [0.5, 0.6) is 0 Å². The van der Waals surface area contributed by atoms with Crippen LogP contribution in [0.15, 0.2) is 11.3 Å². The average molecular weight is 197 g/mol. The zero-order valence-corrected chi connectivity index (χ0v) is 8.05. The Bertz CT molecular complexity index is 330. The highest BCUT2D eigenvalue weighted by Crippen LogP contribution is 2.21. The van der Waals surface area contributed by atoms with Gasteiger partial charge in [0.05, 0.1) is 7.11 Å². The van der Waals surface area contributed by atoms with Crippen molar-refractivity contribution < 1.29 is 19.1 Å². The molecule has 0 saturated heterocycles. The first-order chi connectivity index (χ1) is 6.56. The van der Waals surface area contributed by atoms with E-state index in [1.54, 1.807) is 0 Å². The van der Waals surface area contributed by atoms with Gasteiger partial charge in [0.1, 0.15) is 5.57 Å². The Labute approximate surface area is 81.1 Å². The van der Waals surface area contributed by atoms with Gasteiger partial charge in [0.15, 0.2) is 5.78 Å². The Hall–Kier alpha value is -1.65. The molecule has 1 rings (SSSR count). The number of nitrogens with one attached hydrogen (secondary N) is 1. The summed E-state index contributed by atoms with van der Waals surface area (Å²) in [6, 6.07) is 0. The Morgan fingerprint density at radius 1 is 1.36 bits per heavy atom. The summed E-state index contributed by atoms with van der Waals surface area (Å²) in [5.74, 6) is -1.26. The fourth-order valence-corrected chi connectivity index (χ4v) is 1.33. The normalized spacial score (nSPS) is 15.7. The van der Waals surface area contributed by atoms with Gasteiger partial charge in [-0.15, -0.1) is 0 Å². The first kappa shape index (κ1) is 10.4. The molecule has 1 N–H and O–H groups in total. The Kier molecular flexibility index (Phi) is 3.01. The summed E-state index contributed by atoms with van der Waals surface area (Å²) in [6.07, 6.45) is 0.642. The highest BCUT2D eigenvalue weighted by molar-refractivity contribution is 6.19. The van der Waals surface area contributed by atoms with E-state index in [0.717, 1.165) is 0 Å². The van der Waals surface area contributed by atoms with E-state index in [9.17, 15) is 14.4 Å². The molecule has 0 aromatic heterocycles. The number of ether oxygens (including phenoxy) is 1. The predicted octanol–water partition coefficient (Wildman–Crippen LogP) is -0.0875. The van der Waals surface area contributed by atoms with Crippen LogP contribution >= 0.6 is 0 Å². The van der Waals surface area contributed by atoms with Crippen LogP contribution in [0.1, 0.15) is 19.8 Å². The number of hydrogen-bond donors (Lipinski definition) is 1. The minimum absolute atomic E-state index is 0.0253. The number of Topliss-reactive ketones (excluding diaryl/α,β-unsaturated/α-hetero) is 1. The molecule has 0 aliphatic heterocycles. The molecule has 76 valence electrons. The van der Waals surface area contributed by atoms with Crippen molar-refractivity contribution in [1.29, 1.82) is 0 Å². The molecule has 1 amide bonds. The maximum Gasteiger partial charge on any atom is 0.343 e. The van der Waals surface area contributed by atoms with Crippen molar-refractivity contribution in [2.24, 2.45) is 0 Å². The van der Waals surface area contributed by atoms with Gasteiger partial charge in [-0.1, -0.05) is 0 Å². The molecule has 0 radical (unpaired) electrons. The summed E-state index contributed by atoms with van der Waals surface area (Å²) in [4.78, 5) is 33.2. The maximum atomic E-state index is 11.3. The minimum Gasteiger partial charge on any atom is -0.465 e. The van der Waals surface area contributed by atoms with E-state index in [1.165, 1.54) is 14.0 Å². The summed E-state index contributed by atoms with van der Waals surface area (Å²) in [7, 11) is 1.20. The molecule has 0 bridgehead atoms. The monoisotopic (exact) mass is 197 g/mol. The third kappa shape index (κ3) is 1.99. The summed E-state index contributed by atoms with van der Waals surface area (Å²) >= 11 is 0. The summed E-state index contributed by atoms with van der Waals surface area (Å²) in [5.41, 5.74) is 0.344. The van der Waals surface area contributed by atoms with Crippen LogP contribution in [-0.2, 0) is 19.1 Å². The van der Waals surface area contributed by atoms with E-state index in [4.69, 9.17) is 0 Å². The molecule has 0 aromatic carbocycles. The first-order valence-electron chi connectivity index (χ1n) is 4.18. The van der Waals surface area contributed by atoms with Gasteiger partial charge in [0.25, 0.3) is 0 Å². The predicted molar refractivity (Wildman–Crippen MR) is 47.1 cm³/mol. The number of methoxy groups -OCH3 is 1. The molecule has 0 unspecified atom stereocenters. The number of rotatable bonds is 2. The Morgan fingerprint density at radius 3 is 2.50 bits per heavy atom. The molecule has 5 nitrogen and oxygen atoms in total. The molecule has 0 fully saturated rings. The summed E-state index contributed by atoms with van der Waals surface area (Å²) in [6.45, 7) is 1.32. The number of esters is 1. The average Bonchev–Trinajstić information content (AvgIpc) is 2.45. The number of allylic oxidation sites excluding steroid dienone is 1. The minimum atomic E-state index is -0.684. The molecule has 0 atom stereocenters. The zero-order chi connectivity index (χ0) is 10.7. The summed E-state index contributed by atoms with van der Waals surface area (Å²) < 4.78 is 4.45. The number of carbonyl (C=O) groups excluding carboxylic acids is 3. The fraction of sp³-hybridized carbons (Fsp3) is 0.444. The lowest BCUT2D eigenvalue weighted by atomic mass is 10.2. The van der Waals surface area contributed by atoms with Crippen LogP contribution in [0.2, 0.25) is 0 Å². The first-order valence-corrected chi connectivity index (χ1v) is 4.18. The molecule has 14 heavy (non-hydrogen) atoms. The smallest absolute Gasteiger partial charge is 0.343 e. The van der Waals surface area contributed by atoms with Crippen LogP contribution < -0.4 is 5.32 Å². The van der Waals surface area contributed by atoms with E-state index in [1.807, 2.05) is 0 Å². The topological polar surface area (TPSA) is 72.5 Å². The quantitative estimate of drug-likeness (QED) is 0.496. The van der Waals surface area contributed by atoms with E-state index in [2.05, 4.69) is 10.1 Å². The lowest BCUT2D eigenvalue weighted by molar-refractivity contribution is -0.137. The maximum absolute atomic E-state index is 11.3. The SMILES string of the molecule is COC(=O)C1=C(NC(C)=O)CCC1=O. The van der Waals surface area contributed by atoms with Crippen LogP contribution in [0.4, 0.5) is 0 Å². The highest BCUT2D eigenvalue weighted by Gasteiger charge is 2.29. The molecule has 0 heterocycles. The van der Waals surface area contributed by atoms with Gasteiger partial charge in [-0.25, -0.2) is 4.79 Å². The van der Waals surface area contributed by atoms with Gasteiger partial charge in [0.2, 0.25) is 5.91 Å². The van der Waals surface area contributed by atoms with Crippen LogP contribution in [-0.4, -0.2) is 24.8 Å². The zero-order valence-electron chi connectivity index (χ0n) is 8.05. The van der Waals surface area contributed by atoms with Crippen molar-refractivity contribution in [3.05, 3.63) is 11.3 Å². The lowest BCUT2D eigenvalue weighted by Gasteiger charge is -2.04.